The molecule has 0 radical (unpaired) electrons. The molecule has 3 N–H and O–H groups in total. The molecular formula is C17H29N3. The van der Waals surface area contributed by atoms with Crippen LogP contribution in [0, 0.1) is 0 Å². The van der Waals surface area contributed by atoms with Crippen LogP contribution in [-0.4, -0.2) is 36.1 Å². The molecule has 112 valence electrons. The summed E-state index contributed by atoms with van der Waals surface area (Å²) in [5, 5.41) is 3.76. The van der Waals surface area contributed by atoms with E-state index in [9.17, 15) is 0 Å². The Kier molecular flexibility index (Phi) is 5.58. The topological polar surface area (TPSA) is 41.3 Å². The fourth-order valence-corrected chi connectivity index (χ4v) is 3.01. The van der Waals surface area contributed by atoms with E-state index >= 15 is 0 Å². The molecule has 1 aliphatic heterocycles. The predicted molar refractivity (Wildman–Crippen MR) is 85.6 cm³/mol. The second-order valence-corrected chi connectivity index (χ2v) is 6.20. The molecule has 3 nitrogen and oxygen atoms in total. The van der Waals surface area contributed by atoms with Crippen molar-refractivity contribution in [1.82, 2.24) is 10.2 Å². The first-order chi connectivity index (χ1) is 9.67. The van der Waals surface area contributed by atoms with Crippen LogP contribution < -0.4 is 11.1 Å². The Labute approximate surface area is 123 Å². The fourth-order valence-electron chi connectivity index (χ4n) is 3.01. The maximum absolute atomic E-state index is 6.06. The molecule has 0 saturated carbocycles. The molecule has 0 bridgehead atoms. The molecule has 1 heterocycles. The molecule has 1 aromatic carbocycles. The number of piperidine rings is 1. The van der Waals surface area contributed by atoms with Gasteiger partial charge in [0.15, 0.2) is 0 Å². The number of hydrogen-bond acceptors (Lipinski definition) is 3. The summed E-state index contributed by atoms with van der Waals surface area (Å²) >= 11 is 0. The van der Waals surface area contributed by atoms with E-state index in [1.807, 2.05) is 0 Å². The van der Waals surface area contributed by atoms with E-state index in [2.05, 4.69) is 54.4 Å². The van der Waals surface area contributed by atoms with Crippen molar-refractivity contribution in [2.75, 3.05) is 19.6 Å². The standard InChI is InChI=1S/C17H29N3/c1-3-15(2)19-17(14-18)9-11-20(12-10-17)13-16-7-5-4-6-8-16/h4-8,15,19H,3,9-14,18H2,1-2H3. The van der Waals surface area contributed by atoms with Crippen LogP contribution in [-0.2, 0) is 6.54 Å². The van der Waals surface area contributed by atoms with E-state index in [4.69, 9.17) is 5.73 Å². The largest absolute Gasteiger partial charge is 0.329 e. The summed E-state index contributed by atoms with van der Waals surface area (Å²) in [5.74, 6) is 0. The molecule has 1 saturated heterocycles. The molecule has 1 aliphatic rings. The third-order valence-corrected chi connectivity index (χ3v) is 4.62. The van der Waals surface area contributed by atoms with Crippen molar-refractivity contribution in [3.8, 4) is 0 Å². The van der Waals surface area contributed by atoms with Gasteiger partial charge in [0.05, 0.1) is 0 Å². The molecule has 0 aliphatic carbocycles. The lowest BCUT2D eigenvalue weighted by Gasteiger charge is -2.43. The SMILES string of the molecule is CCC(C)NC1(CN)CCN(Cc2ccccc2)CC1. The van der Waals surface area contributed by atoms with E-state index in [-0.39, 0.29) is 5.54 Å². The van der Waals surface area contributed by atoms with Crippen LogP contribution >= 0.6 is 0 Å². The van der Waals surface area contributed by atoms with Crippen LogP contribution in [0.2, 0.25) is 0 Å². The average molecular weight is 275 g/mol. The van der Waals surface area contributed by atoms with Gasteiger partial charge in [-0.2, -0.15) is 0 Å². The minimum atomic E-state index is 0.155. The molecule has 0 spiro atoms. The minimum absolute atomic E-state index is 0.155. The molecule has 1 atom stereocenters. The van der Waals surface area contributed by atoms with E-state index < -0.39 is 0 Å². The zero-order valence-corrected chi connectivity index (χ0v) is 12.9. The van der Waals surface area contributed by atoms with Crippen molar-refractivity contribution in [2.45, 2.75) is 51.2 Å². The van der Waals surface area contributed by atoms with Gasteiger partial charge in [0.2, 0.25) is 0 Å². The highest BCUT2D eigenvalue weighted by Gasteiger charge is 2.33. The van der Waals surface area contributed by atoms with Gasteiger partial charge in [-0.05, 0) is 31.7 Å². The molecule has 3 heteroatoms. The Balaban J connectivity index is 1.87. The van der Waals surface area contributed by atoms with Crippen molar-refractivity contribution in [1.29, 1.82) is 0 Å². The third kappa shape index (κ3) is 4.05. The van der Waals surface area contributed by atoms with E-state index in [0.717, 1.165) is 45.4 Å². The van der Waals surface area contributed by atoms with E-state index in [1.165, 1.54) is 5.56 Å². The fraction of sp³-hybridized carbons (Fsp3) is 0.647. The number of hydrogen-bond donors (Lipinski definition) is 2. The summed E-state index contributed by atoms with van der Waals surface area (Å²) in [7, 11) is 0. The van der Waals surface area contributed by atoms with Gasteiger partial charge < -0.3 is 11.1 Å². The van der Waals surface area contributed by atoms with Crippen molar-refractivity contribution < 1.29 is 0 Å². The smallest absolute Gasteiger partial charge is 0.0330 e. The van der Waals surface area contributed by atoms with Crippen molar-refractivity contribution in [2.24, 2.45) is 5.73 Å². The number of nitrogens with zero attached hydrogens (tertiary/aromatic N) is 1. The zero-order valence-electron chi connectivity index (χ0n) is 12.9. The second-order valence-electron chi connectivity index (χ2n) is 6.20. The van der Waals surface area contributed by atoms with E-state index in [0.29, 0.717) is 6.04 Å². The molecule has 1 fully saturated rings. The summed E-state index contributed by atoms with van der Waals surface area (Å²) in [6.45, 7) is 8.56. The highest BCUT2D eigenvalue weighted by atomic mass is 15.2. The Morgan fingerprint density at radius 2 is 1.90 bits per heavy atom. The van der Waals surface area contributed by atoms with Crippen LogP contribution in [0.25, 0.3) is 0 Å². The average Bonchev–Trinajstić information content (AvgIpc) is 2.50. The van der Waals surface area contributed by atoms with Crippen molar-refractivity contribution in [3.05, 3.63) is 35.9 Å². The van der Waals surface area contributed by atoms with Crippen LogP contribution in [0.4, 0.5) is 0 Å². The number of benzene rings is 1. The van der Waals surface area contributed by atoms with Crippen molar-refractivity contribution >= 4 is 0 Å². The van der Waals surface area contributed by atoms with Crippen LogP contribution in [0.5, 0.6) is 0 Å². The lowest BCUT2D eigenvalue weighted by atomic mass is 9.86. The summed E-state index contributed by atoms with van der Waals surface area (Å²) in [4.78, 5) is 2.54. The van der Waals surface area contributed by atoms with Gasteiger partial charge in [0.25, 0.3) is 0 Å². The Hall–Kier alpha value is -0.900. The Morgan fingerprint density at radius 1 is 1.25 bits per heavy atom. The molecule has 20 heavy (non-hydrogen) atoms. The number of rotatable bonds is 6. The summed E-state index contributed by atoms with van der Waals surface area (Å²) < 4.78 is 0. The second kappa shape index (κ2) is 7.21. The quantitative estimate of drug-likeness (QED) is 0.837. The normalized spacial score (nSPS) is 20.8. The Bertz CT molecular complexity index is 382. The highest BCUT2D eigenvalue weighted by molar-refractivity contribution is 5.14. The molecular weight excluding hydrogens is 246 g/mol. The van der Waals surface area contributed by atoms with Gasteiger partial charge in [-0.3, -0.25) is 4.90 Å². The monoisotopic (exact) mass is 275 g/mol. The van der Waals surface area contributed by atoms with Crippen LogP contribution in [0.1, 0.15) is 38.7 Å². The summed E-state index contributed by atoms with van der Waals surface area (Å²) in [6, 6.07) is 11.3. The number of nitrogens with one attached hydrogen (secondary N) is 1. The van der Waals surface area contributed by atoms with Crippen LogP contribution in [0.3, 0.4) is 0 Å². The highest BCUT2D eigenvalue weighted by Crippen LogP contribution is 2.23. The molecule has 0 aromatic heterocycles. The third-order valence-electron chi connectivity index (χ3n) is 4.62. The minimum Gasteiger partial charge on any atom is -0.329 e. The van der Waals surface area contributed by atoms with Gasteiger partial charge in [-0.15, -0.1) is 0 Å². The van der Waals surface area contributed by atoms with Gasteiger partial charge in [-0.1, -0.05) is 37.3 Å². The first kappa shape index (κ1) is 15.5. The summed E-state index contributed by atoms with van der Waals surface area (Å²) in [6.07, 6.45) is 3.47. The first-order valence-electron chi connectivity index (χ1n) is 7.91. The number of nitrogens with two attached hydrogens (primary N) is 1. The molecule has 0 amide bonds. The molecule has 1 aromatic rings. The zero-order chi connectivity index (χ0) is 14.4. The maximum Gasteiger partial charge on any atom is 0.0330 e. The predicted octanol–water partition coefficient (Wildman–Crippen LogP) is 2.37. The summed E-state index contributed by atoms with van der Waals surface area (Å²) in [5.41, 5.74) is 7.62. The molecule has 2 rings (SSSR count). The van der Waals surface area contributed by atoms with Crippen LogP contribution in [0.15, 0.2) is 30.3 Å². The lowest BCUT2D eigenvalue weighted by molar-refractivity contribution is 0.125. The Morgan fingerprint density at radius 3 is 2.45 bits per heavy atom. The van der Waals surface area contributed by atoms with Gasteiger partial charge in [0, 0.05) is 37.8 Å². The van der Waals surface area contributed by atoms with Crippen molar-refractivity contribution in [3.63, 3.8) is 0 Å². The first-order valence-corrected chi connectivity index (χ1v) is 7.91. The number of likely N-dealkylation sites (tertiary alicyclic amines) is 1. The molecule has 1 unspecified atom stereocenters. The van der Waals surface area contributed by atoms with E-state index in [1.54, 1.807) is 0 Å². The van der Waals surface area contributed by atoms with Gasteiger partial charge in [-0.25, -0.2) is 0 Å². The van der Waals surface area contributed by atoms with Gasteiger partial charge >= 0.3 is 0 Å². The van der Waals surface area contributed by atoms with Gasteiger partial charge in [0.1, 0.15) is 0 Å². The maximum atomic E-state index is 6.06. The lowest BCUT2D eigenvalue weighted by Crippen LogP contribution is -2.59.